The number of nitrogens with two attached hydrogens (primary N) is 1. The lowest BCUT2D eigenvalue weighted by molar-refractivity contribution is -0.111. The second kappa shape index (κ2) is 4.49. The lowest BCUT2D eigenvalue weighted by Gasteiger charge is -2.08. The second-order valence-corrected chi connectivity index (χ2v) is 4.01. The van der Waals surface area contributed by atoms with E-state index in [9.17, 15) is 4.79 Å². The first kappa shape index (κ1) is 11.5. The third kappa shape index (κ3) is 1.98. The van der Waals surface area contributed by atoms with Crippen LogP contribution in [-0.2, 0) is 9.53 Å². The van der Waals surface area contributed by atoms with Gasteiger partial charge in [-0.2, -0.15) is 0 Å². The van der Waals surface area contributed by atoms with E-state index in [1.54, 1.807) is 19.2 Å². The molecular weight excluding hydrogens is 216 g/mol. The fourth-order valence-corrected chi connectivity index (χ4v) is 2.02. The molecule has 0 fully saturated rings. The molecule has 1 aliphatic rings. The Labute approximate surface area is 100 Å². The molecule has 0 saturated carbocycles. The van der Waals surface area contributed by atoms with E-state index in [4.69, 9.17) is 10.5 Å². The molecule has 0 saturated heterocycles. The molecule has 4 nitrogen and oxygen atoms in total. The van der Waals surface area contributed by atoms with Crippen LogP contribution in [0.4, 0.5) is 11.4 Å². The first-order chi connectivity index (χ1) is 8.17. The van der Waals surface area contributed by atoms with Crippen molar-refractivity contribution in [2.45, 2.75) is 19.8 Å². The molecule has 3 N–H and O–H groups in total. The number of ether oxygens (including phenoxy) is 1. The summed E-state index contributed by atoms with van der Waals surface area (Å²) in [5, 5.41) is 2.82. The van der Waals surface area contributed by atoms with E-state index in [1.165, 1.54) is 0 Å². The number of allylic oxidation sites excluding steroid dienone is 1. The number of amides is 1. The zero-order valence-electron chi connectivity index (χ0n) is 10.0. The maximum absolute atomic E-state index is 11.9. The van der Waals surface area contributed by atoms with Crippen LogP contribution in [0.25, 0.3) is 5.57 Å². The van der Waals surface area contributed by atoms with Crippen LogP contribution in [0.15, 0.2) is 24.0 Å². The Morgan fingerprint density at radius 2 is 2.24 bits per heavy atom. The van der Waals surface area contributed by atoms with Gasteiger partial charge in [-0.1, -0.05) is 6.92 Å². The molecule has 17 heavy (non-hydrogen) atoms. The predicted molar refractivity (Wildman–Crippen MR) is 68.3 cm³/mol. The van der Waals surface area contributed by atoms with Crippen molar-refractivity contribution < 1.29 is 9.53 Å². The normalized spacial score (nSPS) is 16.5. The van der Waals surface area contributed by atoms with Crippen LogP contribution in [0, 0.1) is 0 Å². The number of nitrogen functional groups attached to an aromatic ring is 1. The fraction of sp³-hybridized carbons (Fsp3) is 0.308. The topological polar surface area (TPSA) is 64.3 Å². The molecule has 90 valence electrons. The summed E-state index contributed by atoms with van der Waals surface area (Å²) in [5.74, 6) is 0.602. The molecule has 1 aliphatic heterocycles. The monoisotopic (exact) mass is 232 g/mol. The quantitative estimate of drug-likeness (QED) is 0.477. The van der Waals surface area contributed by atoms with Gasteiger partial charge >= 0.3 is 0 Å². The van der Waals surface area contributed by atoms with Crippen LogP contribution in [-0.4, -0.2) is 13.0 Å². The van der Waals surface area contributed by atoms with E-state index in [1.807, 2.05) is 13.0 Å². The van der Waals surface area contributed by atoms with Gasteiger partial charge in [0.1, 0.15) is 5.76 Å². The lowest BCUT2D eigenvalue weighted by Crippen LogP contribution is -2.07. The highest BCUT2D eigenvalue weighted by molar-refractivity contribution is 6.32. The highest BCUT2D eigenvalue weighted by Gasteiger charge is 2.27. The van der Waals surface area contributed by atoms with Crippen molar-refractivity contribution in [1.29, 1.82) is 0 Å². The van der Waals surface area contributed by atoms with Crippen molar-refractivity contribution in [2.75, 3.05) is 18.2 Å². The predicted octanol–water partition coefficient (Wildman–Crippen LogP) is 2.38. The molecule has 0 spiro atoms. The Morgan fingerprint density at radius 1 is 1.47 bits per heavy atom. The highest BCUT2D eigenvalue weighted by atomic mass is 16.5. The van der Waals surface area contributed by atoms with E-state index in [-0.39, 0.29) is 5.91 Å². The SMILES string of the molecule is CCCC(OC)=C1C(=O)Nc2ccc(N)cc21. The minimum atomic E-state index is -0.115. The highest BCUT2D eigenvalue weighted by Crippen LogP contribution is 2.36. The molecule has 1 aromatic rings. The van der Waals surface area contributed by atoms with E-state index in [0.717, 1.165) is 24.1 Å². The minimum absolute atomic E-state index is 0.115. The molecule has 1 heterocycles. The van der Waals surface area contributed by atoms with Crippen molar-refractivity contribution in [1.82, 2.24) is 0 Å². The Balaban J connectivity index is 2.56. The number of nitrogens with one attached hydrogen (secondary N) is 1. The second-order valence-electron chi connectivity index (χ2n) is 4.01. The summed E-state index contributed by atoms with van der Waals surface area (Å²) in [4.78, 5) is 11.9. The van der Waals surface area contributed by atoms with Crippen LogP contribution < -0.4 is 11.1 Å². The summed E-state index contributed by atoms with van der Waals surface area (Å²) in [6.07, 6.45) is 1.67. The molecule has 0 radical (unpaired) electrons. The number of carbonyl (C=O) groups is 1. The van der Waals surface area contributed by atoms with Gasteiger partial charge in [-0.25, -0.2) is 0 Å². The molecule has 0 bridgehead atoms. The number of benzene rings is 1. The Morgan fingerprint density at radius 3 is 2.88 bits per heavy atom. The van der Waals surface area contributed by atoms with Gasteiger partial charge in [0.15, 0.2) is 0 Å². The molecule has 2 rings (SSSR count). The van der Waals surface area contributed by atoms with Gasteiger partial charge in [-0.3, -0.25) is 4.79 Å². The Kier molecular flexibility index (Phi) is 3.04. The average molecular weight is 232 g/mol. The average Bonchev–Trinajstić information content (AvgIpc) is 2.62. The van der Waals surface area contributed by atoms with Gasteiger partial charge in [0, 0.05) is 23.4 Å². The molecule has 0 aliphatic carbocycles. The van der Waals surface area contributed by atoms with Gasteiger partial charge < -0.3 is 15.8 Å². The standard InChI is InChI=1S/C13H16N2O2/c1-3-4-11(17-2)12-9-7-8(14)5-6-10(9)15-13(12)16/h5-7H,3-4,14H2,1-2H3,(H,15,16). The maximum Gasteiger partial charge on any atom is 0.259 e. The zero-order chi connectivity index (χ0) is 12.4. The summed E-state index contributed by atoms with van der Waals surface area (Å²) in [6, 6.07) is 5.39. The van der Waals surface area contributed by atoms with Gasteiger partial charge in [0.05, 0.1) is 12.7 Å². The van der Waals surface area contributed by atoms with E-state index >= 15 is 0 Å². The van der Waals surface area contributed by atoms with Crippen LogP contribution in [0.3, 0.4) is 0 Å². The smallest absolute Gasteiger partial charge is 0.259 e. The molecule has 1 amide bonds. The molecule has 0 aromatic heterocycles. The van der Waals surface area contributed by atoms with Crippen LogP contribution in [0.1, 0.15) is 25.3 Å². The molecule has 0 atom stereocenters. The fourth-order valence-electron chi connectivity index (χ4n) is 2.02. The van der Waals surface area contributed by atoms with Crippen molar-refractivity contribution >= 4 is 22.9 Å². The van der Waals surface area contributed by atoms with Crippen molar-refractivity contribution in [2.24, 2.45) is 0 Å². The maximum atomic E-state index is 11.9. The van der Waals surface area contributed by atoms with E-state index < -0.39 is 0 Å². The first-order valence-corrected chi connectivity index (χ1v) is 5.65. The summed E-state index contributed by atoms with van der Waals surface area (Å²) >= 11 is 0. The van der Waals surface area contributed by atoms with Crippen LogP contribution in [0.2, 0.25) is 0 Å². The molecule has 0 unspecified atom stereocenters. The van der Waals surface area contributed by atoms with Gasteiger partial charge in [0.25, 0.3) is 5.91 Å². The van der Waals surface area contributed by atoms with E-state index in [2.05, 4.69) is 5.32 Å². The molecular formula is C13H16N2O2. The summed E-state index contributed by atoms with van der Waals surface area (Å²) in [5.41, 5.74) is 8.63. The van der Waals surface area contributed by atoms with Crippen LogP contribution >= 0.6 is 0 Å². The number of anilines is 2. The lowest BCUT2D eigenvalue weighted by atomic mass is 10.0. The number of methoxy groups -OCH3 is 1. The van der Waals surface area contributed by atoms with Crippen molar-refractivity contribution in [3.63, 3.8) is 0 Å². The largest absolute Gasteiger partial charge is 0.500 e. The Bertz CT molecular complexity index is 492. The van der Waals surface area contributed by atoms with E-state index in [0.29, 0.717) is 17.0 Å². The summed E-state index contributed by atoms with van der Waals surface area (Å²) < 4.78 is 5.32. The number of fused-ring (bicyclic) bond motifs is 1. The number of hydrogen-bond acceptors (Lipinski definition) is 3. The minimum Gasteiger partial charge on any atom is -0.500 e. The number of carbonyl (C=O) groups excluding carboxylic acids is 1. The zero-order valence-corrected chi connectivity index (χ0v) is 10.0. The third-order valence-corrected chi connectivity index (χ3v) is 2.79. The summed E-state index contributed by atoms with van der Waals surface area (Å²) in [6.45, 7) is 2.05. The third-order valence-electron chi connectivity index (χ3n) is 2.79. The molecule has 4 heteroatoms. The van der Waals surface area contributed by atoms with Gasteiger partial charge in [-0.05, 0) is 24.6 Å². The number of rotatable bonds is 3. The van der Waals surface area contributed by atoms with Crippen molar-refractivity contribution in [3.05, 3.63) is 29.5 Å². The number of hydrogen-bond donors (Lipinski definition) is 2. The Hall–Kier alpha value is -1.97. The molecule has 1 aromatic carbocycles. The summed E-state index contributed by atoms with van der Waals surface area (Å²) in [7, 11) is 1.59. The van der Waals surface area contributed by atoms with Gasteiger partial charge in [-0.15, -0.1) is 0 Å². The van der Waals surface area contributed by atoms with Crippen molar-refractivity contribution in [3.8, 4) is 0 Å². The van der Waals surface area contributed by atoms with Gasteiger partial charge in [0.2, 0.25) is 0 Å². The first-order valence-electron chi connectivity index (χ1n) is 5.65. The van der Waals surface area contributed by atoms with Crippen LogP contribution in [0.5, 0.6) is 0 Å².